The van der Waals surface area contributed by atoms with Crippen LogP contribution >= 0.6 is 23.2 Å². The summed E-state index contributed by atoms with van der Waals surface area (Å²) in [6.07, 6.45) is 3.65. The van der Waals surface area contributed by atoms with Gasteiger partial charge in [-0.15, -0.1) is 0 Å². The van der Waals surface area contributed by atoms with Crippen molar-refractivity contribution in [2.45, 2.75) is 33.1 Å². The van der Waals surface area contributed by atoms with Crippen molar-refractivity contribution in [2.24, 2.45) is 0 Å². The van der Waals surface area contributed by atoms with E-state index in [1.54, 1.807) is 6.07 Å². The molecule has 1 saturated heterocycles. The summed E-state index contributed by atoms with van der Waals surface area (Å²) >= 11 is 12.3. The molecule has 24 heavy (non-hydrogen) atoms. The number of piperidine rings is 1. The molecule has 1 aliphatic rings. The Morgan fingerprint density at radius 3 is 2.25 bits per heavy atom. The lowest BCUT2D eigenvalue weighted by atomic mass is 10.1. The molecule has 0 atom stereocenters. The van der Waals surface area contributed by atoms with E-state index in [9.17, 15) is 4.79 Å². The van der Waals surface area contributed by atoms with Crippen molar-refractivity contribution >= 4 is 29.0 Å². The van der Waals surface area contributed by atoms with Gasteiger partial charge in [0.15, 0.2) is 5.78 Å². The Hall–Kier alpha value is -1.29. The molecule has 0 aliphatic carbocycles. The maximum Gasteiger partial charge on any atom is 0.178 e. The van der Waals surface area contributed by atoms with Crippen molar-refractivity contribution in [1.82, 2.24) is 9.47 Å². The zero-order chi connectivity index (χ0) is 17.3. The standard InChI is InChI=1S/C19H22Cl2N2O/c1-13-8-18(19(24)12-22-6-4-3-5-7-22)14(2)23(13)17-10-15(20)9-16(21)11-17/h8-11H,3-7,12H2,1-2H3. The smallest absolute Gasteiger partial charge is 0.178 e. The fourth-order valence-electron chi connectivity index (χ4n) is 3.52. The minimum Gasteiger partial charge on any atom is -0.318 e. The highest BCUT2D eigenvalue weighted by Crippen LogP contribution is 2.27. The highest BCUT2D eigenvalue weighted by Gasteiger charge is 2.20. The van der Waals surface area contributed by atoms with Crippen molar-refractivity contribution in [2.75, 3.05) is 19.6 Å². The highest BCUT2D eigenvalue weighted by molar-refractivity contribution is 6.34. The SMILES string of the molecule is Cc1cc(C(=O)CN2CCCCC2)c(C)n1-c1cc(Cl)cc(Cl)c1. The van der Waals surface area contributed by atoms with Crippen molar-refractivity contribution in [3.8, 4) is 5.69 Å². The third kappa shape index (κ3) is 3.69. The minimum absolute atomic E-state index is 0.185. The Morgan fingerprint density at radius 1 is 1.00 bits per heavy atom. The second-order valence-corrected chi connectivity index (χ2v) is 7.38. The molecule has 5 heteroatoms. The van der Waals surface area contributed by atoms with Gasteiger partial charge in [0.05, 0.1) is 6.54 Å². The number of hydrogen-bond donors (Lipinski definition) is 0. The van der Waals surface area contributed by atoms with E-state index >= 15 is 0 Å². The van der Waals surface area contributed by atoms with Crippen molar-refractivity contribution in [3.63, 3.8) is 0 Å². The molecule has 0 unspecified atom stereocenters. The predicted molar refractivity (Wildman–Crippen MR) is 99.9 cm³/mol. The average molecular weight is 365 g/mol. The summed E-state index contributed by atoms with van der Waals surface area (Å²) in [5.41, 5.74) is 3.62. The van der Waals surface area contributed by atoms with Gasteiger partial charge in [0.1, 0.15) is 0 Å². The zero-order valence-electron chi connectivity index (χ0n) is 14.1. The van der Waals surface area contributed by atoms with Crippen LogP contribution in [0.1, 0.15) is 41.0 Å². The second-order valence-electron chi connectivity index (χ2n) is 6.51. The fraction of sp³-hybridized carbons (Fsp3) is 0.421. The van der Waals surface area contributed by atoms with Gasteiger partial charge in [-0.3, -0.25) is 9.69 Å². The molecule has 0 radical (unpaired) electrons. The first-order valence-corrected chi connectivity index (χ1v) is 9.12. The first-order chi connectivity index (χ1) is 11.5. The largest absolute Gasteiger partial charge is 0.318 e. The highest BCUT2D eigenvalue weighted by atomic mass is 35.5. The lowest BCUT2D eigenvalue weighted by Crippen LogP contribution is -2.34. The number of likely N-dealkylation sites (tertiary alicyclic amines) is 1. The van der Waals surface area contributed by atoms with Gasteiger partial charge in [-0.25, -0.2) is 0 Å². The molecular weight excluding hydrogens is 343 g/mol. The van der Waals surface area contributed by atoms with Crippen LogP contribution in [0.5, 0.6) is 0 Å². The molecule has 0 amide bonds. The minimum atomic E-state index is 0.185. The van der Waals surface area contributed by atoms with Crippen LogP contribution in [-0.2, 0) is 0 Å². The lowest BCUT2D eigenvalue weighted by molar-refractivity contribution is 0.0915. The summed E-state index contributed by atoms with van der Waals surface area (Å²) in [4.78, 5) is 15.0. The van der Waals surface area contributed by atoms with Gasteiger partial charge < -0.3 is 4.57 Å². The first-order valence-electron chi connectivity index (χ1n) is 8.36. The van der Waals surface area contributed by atoms with Gasteiger partial charge in [-0.1, -0.05) is 29.6 Å². The molecule has 1 fully saturated rings. The summed E-state index contributed by atoms with van der Waals surface area (Å²) in [6.45, 7) is 6.52. The number of benzene rings is 1. The molecule has 0 bridgehead atoms. The molecule has 1 aromatic carbocycles. The van der Waals surface area contributed by atoms with Crippen molar-refractivity contribution in [3.05, 3.63) is 51.3 Å². The second kappa shape index (κ2) is 7.30. The molecule has 3 nitrogen and oxygen atoms in total. The fourth-order valence-corrected chi connectivity index (χ4v) is 4.03. The number of rotatable bonds is 4. The van der Waals surface area contributed by atoms with E-state index in [0.29, 0.717) is 16.6 Å². The normalized spacial score (nSPS) is 15.7. The number of halogens is 2. The number of aryl methyl sites for hydroxylation is 1. The Bertz CT molecular complexity index is 741. The molecule has 0 spiro atoms. The molecule has 1 aliphatic heterocycles. The Balaban J connectivity index is 1.89. The summed E-state index contributed by atoms with van der Waals surface area (Å²) in [7, 11) is 0. The van der Waals surface area contributed by atoms with Gasteiger partial charge in [0, 0.05) is 32.7 Å². The van der Waals surface area contributed by atoms with E-state index in [4.69, 9.17) is 23.2 Å². The number of aromatic nitrogens is 1. The summed E-state index contributed by atoms with van der Waals surface area (Å²) in [5.74, 6) is 0.185. The molecule has 128 valence electrons. The van der Waals surface area contributed by atoms with Gasteiger partial charge in [0.25, 0.3) is 0 Å². The van der Waals surface area contributed by atoms with E-state index in [-0.39, 0.29) is 5.78 Å². The number of ketones is 1. The third-order valence-electron chi connectivity index (χ3n) is 4.65. The van der Waals surface area contributed by atoms with Crippen LogP contribution in [0.15, 0.2) is 24.3 Å². The number of carbonyl (C=O) groups excluding carboxylic acids is 1. The van der Waals surface area contributed by atoms with Gasteiger partial charge >= 0.3 is 0 Å². The molecule has 1 aromatic heterocycles. The lowest BCUT2D eigenvalue weighted by Gasteiger charge is -2.25. The van der Waals surface area contributed by atoms with Crippen LogP contribution in [0.25, 0.3) is 5.69 Å². The van der Waals surface area contributed by atoms with Crippen molar-refractivity contribution < 1.29 is 4.79 Å². The predicted octanol–water partition coefficient (Wildman–Crippen LogP) is 5.07. The average Bonchev–Trinajstić information content (AvgIpc) is 2.82. The maximum atomic E-state index is 12.8. The number of Topliss-reactive ketones (excluding diaryl/α,β-unsaturated/α-hetero) is 1. The van der Waals surface area contributed by atoms with Gasteiger partial charge in [0.2, 0.25) is 0 Å². The summed E-state index contributed by atoms with van der Waals surface area (Å²) in [6, 6.07) is 7.41. The van der Waals surface area contributed by atoms with Crippen LogP contribution in [0.3, 0.4) is 0 Å². The topological polar surface area (TPSA) is 25.2 Å². The molecule has 0 saturated carbocycles. The molecule has 0 N–H and O–H groups in total. The quantitative estimate of drug-likeness (QED) is 0.707. The summed E-state index contributed by atoms with van der Waals surface area (Å²) < 4.78 is 2.04. The maximum absolute atomic E-state index is 12.8. The number of hydrogen-bond acceptors (Lipinski definition) is 2. The Kier molecular flexibility index (Phi) is 5.33. The van der Waals surface area contributed by atoms with E-state index in [1.165, 1.54) is 19.3 Å². The number of carbonyl (C=O) groups is 1. The number of nitrogens with zero attached hydrogens (tertiary/aromatic N) is 2. The first kappa shape index (κ1) is 17.5. The van der Waals surface area contributed by atoms with Gasteiger partial charge in [-0.2, -0.15) is 0 Å². The monoisotopic (exact) mass is 364 g/mol. The Morgan fingerprint density at radius 2 is 1.62 bits per heavy atom. The molecule has 3 rings (SSSR count). The van der Waals surface area contributed by atoms with E-state index in [0.717, 1.165) is 35.7 Å². The Labute approximate surface area is 153 Å². The van der Waals surface area contributed by atoms with Gasteiger partial charge in [-0.05, 0) is 64.0 Å². The van der Waals surface area contributed by atoms with E-state index < -0.39 is 0 Å². The summed E-state index contributed by atoms with van der Waals surface area (Å²) in [5, 5.41) is 1.18. The third-order valence-corrected chi connectivity index (χ3v) is 5.09. The van der Waals surface area contributed by atoms with Crippen LogP contribution in [0, 0.1) is 13.8 Å². The molecular formula is C19H22Cl2N2O. The zero-order valence-corrected chi connectivity index (χ0v) is 15.6. The molecule has 2 heterocycles. The van der Waals surface area contributed by atoms with Crippen LogP contribution in [0.2, 0.25) is 10.0 Å². The van der Waals surface area contributed by atoms with E-state index in [1.807, 2.05) is 36.6 Å². The van der Waals surface area contributed by atoms with Crippen LogP contribution in [-0.4, -0.2) is 34.9 Å². The van der Waals surface area contributed by atoms with E-state index in [2.05, 4.69) is 4.90 Å². The van der Waals surface area contributed by atoms with Crippen LogP contribution < -0.4 is 0 Å². The van der Waals surface area contributed by atoms with Crippen LogP contribution in [0.4, 0.5) is 0 Å². The molecule has 2 aromatic rings. The van der Waals surface area contributed by atoms with Crippen molar-refractivity contribution in [1.29, 1.82) is 0 Å².